The van der Waals surface area contributed by atoms with Crippen molar-refractivity contribution < 1.29 is 14.7 Å². The van der Waals surface area contributed by atoms with Crippen molar-refractivity contribution in [2.75, 3.05) is 13.1 Å². The van der Waals surface area contributed by atoms with E-state index in [2.05, 4.69) is 31.0 Å². The van der Waals surface area contributed by atoms with Crippen LogP contribution in [-0.2, 0) is 9.59 Å². The van der Waals surface area contributed by atoms with E-state index in [1.165, 1.54) is 0 Å². The molecule has 0 aliphatic heterocycles. The minimum Gasteiger partial charge on any atom is -0.480 e. The van der Waals surface area contributed by atoms with Gasteiger partial charge in [0.2, 0.25) is 5.91 Å². The number of carbonyl (C=O) groups is 2. The number of nitrogens with zero attached hydrogens (tertiary/aromatic N) is 1. The van der Waals surface area contributed by atoms with Gasteiger partial charge in [0, 0.05) is 12.1 Å². The highest BCUT2D eigenvalue weighted by atomic mass is 35.5. The second-order valence-electron chi connectivity index (χ2n) is 5.20. The summed E-state index contributed by atoms with van der Waals surface area (Å²) >= 11 is 0. The zero-order valence-electron chi connectivity index (χ0n) is 11.9. The highest BCUT2D eigenvalue weighted by Crippen LogP contribution is 2.30. The molecule has 0 radical (unpaired) electrons. The number of hydrogen-bond donors (Lipinski definition) is 2. The molecule has 0 aromatic heterocycles. The maximum absolute atomic E-state index is 11.7. The smallest absolute Gasteiger partial charge is 0.322 e. The van der Waals surface area contributed by atoms with E-state index in [0.29, 0.717) is 24.5 Å². The van der Waals surface area contributed by atoms with Gasteiger partial charge in [0.1, 0.15) is 6.54 Å². The lowest BCUT2D eigenvalue weighted by Gasteiger charge is -2.32. The van der Waals surface area contributed by atoms with Crippen molar-refractivity contribution in [3.8, 4) is 0 Å². The average molecular weight is 293 g/mol. The molecule has 1 aliphatic rings. The summed E-state index contributed by atoms with van der Waals surface area (Å²) < 4.78 is 0. The van der Waals surface area contributed by atoms with Crippen LogP contribution in [0.5, 0.6) is 0 Å². The molecule has 0 aromatic rings. The van der Waals surface area contributed by atoms with Gasteiger partial charge in [-0.05, 0) is 25.7 Å². The van der Waals surface area contributed by atoms with Crippen LogP contribution in [0.3, 0.4) is 0 Å². The zero-order chi connectivity index (χ0) is 13.7. The van der Waals surface area contributed by atoms with Crippen LogP contribution in [0.15, 0.2) is 0 Å². The highest BCUT2D eigenvalue weighted by molar-refractivity contribution is 5.85. The first-order valence-electron chi connectivity index (χ1n) is 6.70. The summed E-state index contributed by atoms with van der Waals surface area (Å²) in [5.74, 6) is -0.659. The number of carbonyl (C=O) groups excluding carboxylic acids is 1. The Balaban J connectivity index is 0.00000324. The molecule has 1 fully saturated rings. The summed E-state index contributed by atoms with van der Waals surface area (Å²) in [5.41, 5.74) is 0. The van der Waals surface area contributed by atoms with Gasteiger partial charge in [-0.1, -0.05) is 20.3 Å². The number of rotatable bonds is 8. The maximum Gasteiger partial charge on any atom is 0.322 e. The molecule has 1 amide bonds. The first kappa shape index (κ1) is 18.2. The molecule has 1 aliphatic carbocycles. The molecule has 0 bridgehead atoms. The highest BCUT2D eigenvalue weighted by Gasteiger charge is 2.34. The van der Waals surface area contributed by atoms with Crippen LogP contribution < -0.4 is 5.32 Å². The van der Waals surface area contributed by atoms with Crippen molar-refractivity contribution in [1.82, 2.24) is 10.2 Å². The number of nitrogens with one attached hydrogen (secondary N) is 1. The Morgan fingerprint density at radius 2 is 1.95 bits per heavy atom. The molecular weight excluding hydrogens is 268 g/mol. The monoisotopic (exact) mass is 292 g/mol. The van der Waals surface area contributed by atoms with E-state index in [4.69, 9.17) is 5.11 Å². The normalized spacial score (nSPS) is 17.5. The van der Waals surface area contributed by atoms with Gasteiger partial charge in [0.25, 0.3) is 0 Å². The summed E-state index contributed by atoms with van der Waals surface area (Å²) in [5, 5.41) is 11.0. The molecule has 0 spiro atoms. The zero-order valence-corrected chi connectivity index (χ0v) is 12.7. The first-order valence-corrected chi connectivity index (χ1v) is 6.70. The molecule has 19 heavy (non-hydrogen) atoms. The quantitative estimate of drug-likeness (QED) is 0.711. The molecule has 6 heteroatoms. The van der Waals surface area contributed by atoms with Crippen LogP contribution in [0.4, 0.5) is 0 Å². The van der Waals surface area contributed by atoms with Crippen molar-refractivity contribution in [3.05, 3.63) is 0 Å². The lowest BCUT2D eigenvalue weighted by molar-refractivity contribution is -0.138. The number of aliphatic carboxylic acids is 1. The Morgan fingerprint density at radius 3 is 2.37 bits per heavy atom. The van der Waals surface area contributed by atoms with Crippen LogP contribution in [0.25, 0.3) is 0 Å². The standard InChI is InChI=1S/C13H24N2O3.ClH/c1-4-9(2)10(3)15(11-5-6-11)8-12(16)14-7-13(17)18;/h9-11H,4-8H2,1-3H3,(H,14,16)(H,17,18);1H. The van der Waals surface area contributed by atoms with Gasteiger partial charge < -0.3 is 10.4 Å². The third-order valence-corrected chi connectivity index (χ3v) is 3.77. The molecule has 0 saturated heterocycles. The van der Waals surface area contributed by atoms with Gasteiger partial charge in [0.05, 0.1) is 6.54 Å². The Hall–Kier alpha value is -0.810. The largest absolute Gasteiger partial charge is 0.480 e. The van der Waals surface area contributed by atoms with Crippen LogP contribution in [0.2, 0.25) is 0 Å². The topological polar surface area (TPSA) is 69.6 Å². The second kappa shape index (κ2) is 8.38. The van der Waals surface area contributed by atoms with Crippen molar-refractivity contribution >= 4 is 24.3 Å². The van der Waals surface area contributed by atoms with E-state index in [1.54, 1.807) is 0 Å². The van der Waals surface area contributed by atoms with E-state index in [1.807, 2.05) is 0 Å². The van der Waals surface area contributed by atoms with Gasteiger partial charge >= 0.3 is 5.97 Å². The van der Waals surface area contributed by atoms with E-state index < -0.39 is 5.97 Å². The first-order chi connectivity index (χ1) is 8.45. The van der Waals surface area contributed by atoms with E-state index in [-0.39, 0.29) is 24.9 Å². The van der Waals surface area contributed by atoms with Gasteiger partial charge in [0.15, 0.2) is 0 Å². The Morgan fingerprint density at radius 1 is 1.37 bits per heavy atom. The SMILES string of the molecule is CCC(C)C(C)N(CC(=O)NCC(=O)O)C1CC1.Cl. The molecule has 2 atom stereocenters. The lowest BCUT2D eigenvalue weighted by atomic mass is 9.99. The summed E-state index contributed by atoms with van der Waals surface area (Å²) in [4.78, 5) is 24.3. The summed E-state index contributed by atoms with van der Waals surface area (Å²) in [6.07, 6.45) is 3.38. The minimum atomic E-state index is -1.00. The fourth-order valence-electron chi connectivity index (χ4n) is 2.08. The maximum atomic E-state index is 11.7. The van der Waals surface area contributed by atoms with Crippen LogP contribution in [-0.4, -0.2) is 47.1 Å². The number of amides is 1. The Bertz CT molecular complexity index is 308. The lowest BCUT2D eigenvalue weighted by Crippen LogP contribution is -2.46. The average Bonchev–Trinajstić information content (AvgIpc) is 3.15. The number of carboxylic acid groups (broad SMARTS) is 1. The van der Waals surface area contributed by atoms with Crippen molar-refractivity contribution in [2.24, 2.45) is 5.92 Å². The van der Waals surface area contributed by atoms with Gasteiger partial charge in [-0.15, -0.1) is 12.4 Å². The van der Waals surface area contributed by atoms with Crippen molar-refractivity contribution in [3.63, 3.8) is 0 Å². The van der Waals surface area contributed by atoms with E-state index in [0.717, 1.165) is 19.3 Å². The number of halogens is 1. The van der Waals surface area contributed by atoms with E-state index in [9.17, 15) is 9.59 Å². The van der Waals surface area contributed by atoms with Gasteiger partial charge in [-0.25, -0.2) is 0 Å². The summed E-state index contributed by atoms with van der Waals surface area (Å²) in [6.45, 7) is 6.50. The fourth-order valence-corrected chi connectivity index (χ4v) is 2.08. The summed E-state index contributed by atoms with van der Waals surface area (Å²) in [7, 11) is 0. The predicted octanol–water partition coefficient (Wildman–Crippen LogP) is 1.51. The van der Waals surface area contributed by atoms with Crippen molar-refractivity contribution in [1.29, 1.82) is 0 Å². The number of hydrogen-bond acceptors (Lipinski definition) is 3. The molecule has 2 unspecified atom stereocenters. The van der Waals surface area contributed by atoms with Crippen molar-refractivity contribution in [2.45, 2.75) is 52.1 Å². The Labute approximate surface area is 121 Å². The molecule has 0 heterocycles. The van der Waals surface area contributed by atoms with Crippen LogP contribution in [0.1, 0.15) is 40.0 Å². The minimum absolute atomic E-state index is 0. The Kier molecular flexibility index (Phi) is 8.02. The molecule has 1 rings (SSSR count). The molecular formula is C13H25ClN2O3. The molecule has 1 saturated carbocycles. The van der Waals surface area contributed by atoms with Crippen LogP contribution >= 0.6 is 12.4 Å². The third-order valence-electron chi connectivity index (χ3n) is 3.77. The summed E-state index contributed by atoms with van der Waals surface area (Å²) in [6, 6.07) is 0.864. The fraction of sp³-hybridized carbons (Fsp3) is 0.846. The second-order valence-corrected chi connectivity index (χ2v) is 5.20. The van der Waals surface area contributed by atoms with Crippen LogP contribution in [0, 0.1) is 5.92 Å². The molecule has 2 N–H and O–H groups in total. The predicted molar refractivity (Wildman–Crippen MR) is 76.5 cm³/mol. The number of carboxylic acids is 1. The van der Waals surface area contributed by atoms with E-state index >= 15 is 0 Å². The molecule has 0 aromatic carbocycles. The third kappa shape index (κ3) is 6.25. The molecule has 112 valence electrons. The molecule has 5 nitrogen and oxygen atoms in total. The van der Waals surface area contributed by atoms with Gasteiger partial charge in [-0.3, -0.25) is 14.5 Å². The van der Waals surface area contributed by atoms with Gasteiger partial charge in [-0.2, -0.15) is 0 Å².